The second-order valence-corrected chi connectivity index (χ2v) is 5.63. The second-order valence-electron chi connectivity index (χ2n) is 5.63. The first-order valence-electron chi connectivity index (χ1n) is 8.48. The molecular formula is C19H24N4O2. The predicted molar refractivity (Wildman–Crippen MR) is 101 cm³/mol. The van der Waals surface area contributed by atoms with E-state index in [1.807, 2.05) is 13.0 Å². The lowest BCUT2D eigenvalue weighted by molar-refractivity contribution is -0.384. The van der Waals surface area contributed by atoms with E-state index >= 15 is 0 Å². The summed E-state index contributed by atoms with van der Waals surface area (Å²) in [5.41, 5.74) is 2.36. The molecule has 2 N–H and O–H groups in total. The highest BCUT2D eigenvalue weighted by Crippen LogP contribution is 2.12. The molecule has 0 saturated carbocycles. The molecule has 132 valence electrons. The fraction of sp³-hybridized carbons (Fsp3) is 0.316. The third kappa shape index (κ3) is 6.63. The topological polar surface area (TPSA) is 79.6 Å². The Hall–Kier alpha value is -2.89. The van der Waals surface area contributed by atoms with Gasteiger partial charge >= 0.3 is 0 Å². The summed E-state index contributed by atoms with van der Waals surface area (Å²) in [4.78, 5) is 14.8. The van der Waals surface area contributed by atoms with Gasteiger partial charge in [-0.25, -0.2) is 4.99 Å². The van der Waals surface area contributed by atoms with Crippen molar-refractivity contribution in [2.45, 2.75) is 26.3 Å². The summed E-state index contributed by atoms with van der Waals surface area (Å²) in [5.74, 6) is 0.758. The summed E-state index contributed by atoms with van der Waals surface area (Å²) in [5, 5.41) is 17.2. The quantitative estimate of drug-likeness (QED) is 0.254. The Kier molecular flexibility index (Phi) is 7.43. The SMILES string of the molecule is CCNC(=NCc1ccc([N+](=O)[O-])cc1)NCCCc1ccccc1. The fourth-order valence-electron chi connectivity index (χ4n) is 2.38. The van der Waals surface area contributed by atoms with Gasteiger partial charge in [0.15, 0.2) is 5.96 Å². The summed E-state index contributed by atoms with van der Waals surface area (Å²) in [6.07, 6.45) is 2.04. The van der Waals surface area contributed by atoms with Crippen molar-refractivity contribution in [2.75, 3.05) is 13.1 Å². The number of non-ortho nitro benzene ring substituents is 1. The summed E-state index contributed by atoms with van der Waals surface area (Å²) in [6, 6.07) is 16.9. The van der Waals surface area contributed by atoms with Gasteiger partial charge in [-0.1, -0.05) is 42.5 Å². The molecule has 0 aliphatic heterocycles. The molecule has 0 fully saturated rings. The lowest BCUT2D eigenvalue weighted by Gasteiger charge is -2.11. The molecule has 6 nitrogen and oxygen atoms in total. The molecule has 0 atom stereocenters. The Bertz CT molecular complexity index is 684. The third-order valence-electron chi connectivity index (χ3n) is 3.69. The van der Waals surface area contributed by atoms with Crippen molar-refractivity contribution in [3.05, 3.63) is 75.8 Å². The van der Waals surface area contributed by atoms with Crippen LogP contribution in [0.2, 0.25) is 0 Å². The highest BCUT2D eigenvalue weighted by atomic mass is 16.6. The van der Waals surface area contributed by atoms with Crippen molar-refractivity contribution in [2.24, 2.45) is 4.99 Å². The number of nitrogens with one attached hydrogen (secondary N) is 2. The number of aliphatic imine (C=N–C) groups is 1. The number of nitro groups is 1. The molecule has 0 unspecified atom stereocenters. The lowest BCUT2D eigenvalue weighted by atomic mass is 10.1. The lowest BCUT2D eigenvalue weighted by Crippen LogP contribution is -2.37. The van der Waals surface area contributed by atoms with E-state index in [0.717, 1.165) is 37.5 Å². The van der Waals surface area contributed by atoms with Crippen molar-refractivity contribution < 1.29 is 4.92 Å². The molecule has 0 radical (unpaired) electrons. The molecule has 0 amide bonds. The minimum absolute atomic E-state index is 0.0960. The average molecular weight is 340 g/mol. The van der Waals surface area contributed by atoms with Gasteiger partial charge in [-0.2, -0.15) is 0 Å². The molecule has 0 aliphatic rings. The van der Waals surface area contributed by atoms with Crippen LogP contribution < -0.4 is 10.6 Å². The van der Waals surface area contributed by atoms with E-state index in [1.165, 1.54) is 17.7 Å². The van der Waals surface area contributed by atoms with Gasteiger partial charge in [-0.05, 0) is 30.9 Å². The van der Waals surface area contributed by atoms with Crippen molar-refractivity contribution in [1.29, 1.82) is 0 Å². The monoisotopic (exact) mass is 340 g/mol. The largest absolute Gasteiger partial charge is 0.357 e. The van der Waals surface area contributed by atoms with Gasteiger partial charge in [-0.15, -0.1) is 0 Å². The van der Waals surface area contributed by atoms with Gasteiger partial charge in [0.1, 0.15) is 0 Å². The van der Waals surface area contributed by atoms with Crippen LogP contribution >= 0.6 is 0 Å². The number of guanidine groups is 1. The van der Waals surface area contributed by atoms with E-state index in [4.69, 9.17) is 0 Å². The van der Waals surface area contributed by atoms with Crippen LogP contribution in [0.5, 0.6) is 0 Å². The Morgan fingerprint density at radius 3 is 2.40 bits per heavy atom. The molecule has 2 aromatic rings. The molecule has 2 rings (SSSR count). The Morgan fingerprint density at radius 2 is 1.76 bits per heavy atom. The number of benzene rings is 2. The second kappa shape index (κ2) is 10.1. The summed E-state index contributed by atoms with van der Waals surface area (Å²) < 4.78 is 0. The van der Waals surface area contributed by atoms with Crippen molar-refractivity contribution in [1.82, 2.24) is 10.6 Å². The van der Waals surface area contributed by atoms with Crippen LogP contribution in [-0.2, 0) is 13.0 Å². The predicted octanol–water partition coefficient (Wildman–Crippen LogP) is 3.28. The zero-order valence-corrected chi connectivity index (χ0v) is 14.4. The summed E-state index contributed by atoms with van der Waals surface area (Å²) >= 11 is 0. The minimum atomic E-state index is -0.397. The van der Waals surface area contributed by atoms with Crippen LogP contribution in [0.1, 0.15) is 24.5 Å². The van der Waals surface area contributed by atoms with Crippen LogP contribution in [0.3, 0.4) is 0 Å². The van der Waals surface area contributed by atoms with Gasteiger partial charge in [0.05, 0.1) is 11.5 Å². The molecule has 2 aromatic carbocycles. The van der Waals surface area contributed by atoms with E-state index in [2.05, 4.69) is 39.9 Å². The van der Waals surface area contributed by atoms with Crippen LogP contribution in [-0.4, -0.2) is 24.0 Å². The minimum Gasteiger partial charge on any atom is -0.357 e. The van der Waals surface area contributed by atoms with Gasteiger partial charge in [0.25, 0.3) is 5.69 Å². The molecule has 0 saturated heterocycles. The van der Waals surface area contributed by atoms with E-state index in [-0.39, 0.29) is 5.69 Å². The zero-order chi connectivity index (χ0) is 17.9. The maximum atomic E-state index is 10.7. The third-order valence-corrected chi connectivity index (χ3v) is 3.69. The number of nitrogens with zero attached hydrogens (tertiary/aromatic N) is 2. The number of rotatable bonds is 8. The first-order chi connectivity index (χ1) is 12.2. The van der Waals surface area contributed by atoms with Crippen molar-refractivity contribution >= 4 is 11.6 Å². The molecule has 6 heteroatoms. The van der Waals surface area contributed by atoms with Crippen molar-refractivity contribution in [3.63, 3.8) is 0 Å². The zero-order valence-electron chi connectivity index (χ0n) is 14.4. The molecule has 0 aliphatic carbocycles. The molecular weight excluding hydrogens is 316 g/mol. The highest BCUT2D eigenvalue weighted by molar-refractivity contribution is 5.79. The van der Waals surface area contributed by atoms with Crippen LogP contribution in [0.25, 0.3) is 0 Å². The molecule has 0 bridgehead atoms. The number of hydrogen-bond acceptors (Lipinski definition) is 3. The Labute approximate surface area is 148 Å². The summed E-state index contributed by atoms with van der Waals surface area (Å²) in [7, 11) is 0. The van der Waals surface area contributed by atoms with E-state index in [1.54, 1.807) is 12.1 Å². The molecule has 0 heterocycles. The molecule has 25 heavy (non-hydrogen) atoms. The van der Waals surface area contributed by atoms with Crippen LogP contribution in [0, 0.1) is 10.1 Å². The maximum absolute atomic E-state index is 10.7. The van der Waals surface area contributed by atoms with Gasteiger partial charge in [-0.3, -0.25) is 10.1 Å². The fourth-order valence-corrected chi connectivity index (χ4v) is 2.38. The van der Waals surface area contributed by atoms with Crippen LogP contribution in [0.15, 0.2) is 59.6 Å². The van der Waals surface area contributed by atoms with E-state index in [9.17, 15) is 10.1 Å². The molecule has 0 aromatic heterocycles. The van der Waals surface area contributed by atoms with E-state index in [0.29, 0.717) is 6.54 Å². The number of aryl methyl sites for hydroxylation is 1. The van der Waals surface area contributed by atoms with Crippen LogP contribution in [0.4, 0.5) is 5.69 Å². The normalized spacial score (nSPS) is 11.2. The standard InChI is InChI=1S/C19H24N4O2/c1-2-20-19(21-14-6-9-16-7-4-3-5-8-16)22-15-17-10-12-18(13-11-17)23(24)25/h3-5,7-8,10-13H,2,6,9,14-15H2,1H3,(H2,20,21,22). The first kappa shape index (κ1) is 18.4. The maximum Gasteiger partial charge on any atom is 0.269 e. The van der Waals surface area contributed by atoms with Crippen molar-refractivity contribution in [3.8, 4) is 0 Å². The average Bonchev–Trinajstić information content (AvgIpc) is 2.64. The number of nitro benzene ring substituents is 1. The van der Waals surface area contributed by atoms with Gasteiger partial charge in [0, 0.05) is 25.2 Å². The van der Waals surface area contributed by atoms with Gasteiger partial charge in [0.2, 0.25) is 0 Å². The highest BCUT2D eigenvalue weighted by Gasteiger charge is 2.04. The van der Waals surface area contributed by atoms with Gasteiger partial charge < -0.3 is 10.6 Å². The van der Waals surface area contributed by atoms with E-state index < -0.39 is 4.92 Å². The Morgan fingerprint density at radius 1 is 1.04 bits per heavy atom. The number of hydrogen-bond donors (Lipinski definition) is 2. The summed E-state index contributed by atoms with van der Waals surface area (Å²) in [6.45, 7) is 4.12. The smallest absolute Gasteiger partial charge is 0.269 e. The first-order valence-corrected chi connectivity index (χ1v) is 8.48. The Balaban J connectivity index is 1.82. The molecule has 0 spiro atoms.